The molecular formula is C21H23NO4. The lowest BCUT2D eigenvalue weighted by molar-refractivity contribution is 0.0843. The molecule has 26 heavy (non-hydrogen) atoms. The monoisotopic (exact) mass is 353 g/mol. The zero-order valence-corrected chi connectivity index (χ0v) is 14.6. The number of phenols is 2. The van der Waals surface area contributed by atoms with Gasteiger partial charge in [-0.3, -0.25) is 9.69 Å². The standard InChI is InChI=1S/C21H23NO4/c23-16-11-19-20(21(25)15(16)13-22-9-5-2-6-10-22)17(24)12-18(26-19)14-7-3-1-4-8-14/h1,3-4,7-8,11,18,23,25H,2,5-6,9-10,12-13H2/t18-/m0/s1. The molecule has 0 spiro atoms. The highest BCUT2D eigenvalue weighted by Crippen LogP contribution is 2.44. The molecular weight excluding hydrogens is 330 g/mol. The molecule has 0 amide bonds. The van der Waals surface area contributed by atoms with E-state index in [1.165, 1.54) is 12.5 Å². The highest BCUT2D eigenvalue weighted by Gasteiger charge is 2.33. The minimum absolute atomic E-state index is 0.0201. The second-order valence-electron chi connectivity index (χ2n) is 7.08. The van der Waals surface area contributed by atoms with Crippen LogP contribution >= 0.6 is 0 Å². The van der Waals surface area contributed by atoms with E-state index < -0.39 is 6.10 Å². The smallest absolute Gasteiger partial charge is 0.174 e. The number of carbonyl (C=O) groups is 1. The Morgan fingerprint density at radius 1 is 1.08 bits per heavy atom. The van der Waals surface area contributed by atoms with Crippen LogP contribution in [0.5, 0.6) is 17.2 Å². The maximum absolute atomic E-state index is 12.7. The number of nitrogens with zero attached hydrogens (tertiary/aromatic N) is 1. The maximum atomic E-state index is 12.7. The molecule has 4 rings (SSSR count). The Morgan fingerprint density at radius 2 is 1.81 bits per heavy atom. The number of hydrogen-bond acceptors (Lipinski definition) is 5. The molecule has 5 nitrogen and oxygen atoms in total. The summed E-state index contributed by atoms with van der Waals surface area (Å²) in [7, 11) is 0. The Hall–Kier alpha value is -2.53. The van der Waals surface area contributed by atoms with Gasteiger partial charge in [0.2, 0.25) is 0 Å². The summed E-state index contributed by atoms with van der Waals surface area (Å²) >= 11 is 0. The summed E-state index contributed by atoms with van der Waals surface area (Å²) in [6.07, 6.45) is 3.23. The normalized spacial score (nSPS) is 20.5. The third kappa shape index (κ3) is 3.15. The first-order valence-corrected chi connectivity index (χ1v) is 9.18. The molecule has 0 aromatic heterocycles. The van der Waals surface area contributed by atoms with Crippen molar-refractivity contribution in [2.24, 2.45) is 0 Å². The molecule has 0 radical (unpaired) electrons. The molecule has 2 heterocycles. The minimum Gasteiger partial charge on any atom is -0.507 e. The van der Waals surface area contributed by atoms with Gasteiger partial charge in [-0.25, -0.2) is 0 Å². The average Bonchev–Trinajstić information content (AvgIpc) is 2.66. The predicted molar refractivity (Wildman–Crippen MR) is 97.7 cm³/mol. The van der Waals surface area contributed by atoms with Gasteiger partial charge in [0.1, 0.15) is 28.9 Å². The fourth-order valence-corrected chi connectivity index (χ4v) is 3.85. The van der Waals surface area contributed by atoms with Gasteiger partial charge in [-0.15, -0.1) is 0 Å². The van der Waals surface area contributed by atoms with Crippen LogP contribution in [-0.4, -0.2) is 34.0 Å². The van der Waals surface area contributed by atoms with Crippen molar-refractivity contribution in [1.82, 2.24) is 4.90 Å². The lowest BCUT2D eigenvalue weighted by Crippen LogP contribution is -2.29. The van der Waals surface area contributed by atoms with Crippen LogP contribution in [0.1, 0.15) is 53.3 Å². The highest BCUT2D eigenvalue weighted by molar-refractivity contribution is 6.03. The summed E-state index contributed by atoms with van der Waals surface area (Å²) in [5.74, 6) is -0.0552. The first kappa shape index (κ1) is 16.9. The van der Waals surface area contributed by atoms with Crippen LogP contribution < -0.4 is 4.74 Å². The first-order chi connectivity index (χ1) is 12.6. The largest absolute Gasteiger partial charge is 0.507 e. The van der Waals surface area contributed by atoms with Crippen molar-refractivity contribution in [1.29, 1.82) is 0 Å². The number of piperidine rings is 1. The molecule has 2 aliphatic heterocycles. The van der Waals surface area contributed by atoms with E-state index in [1.807, 2.05) is 30.3 Å². The van der Waals surface area contributed by atoms with Crippen molar-refractivity contribution < 1.29 is 19.7 Å². The number of carbonyl (C=O) groups excluding carboxylic acids is 1. The molecule has 2 N–H and O–H groups in total. The number of ether oxygens (including phenoxy) is 1. The van der Waals surface area contributed by atoms with Crippen LogP contribution in [0, 0.1) is 0 Å². The molecule has 0 unspecified atom stereocenters. The van der Waals surface area contributed by atoms with Gasteiger partial charge in [-0.1, -0.05) is 36.8 Å². The number of aromatic hydroxyl groups is 2. The van der Waals surface area contributed by atoms with Crippen LogP contribution in [0.15, 0.2) is 36.4 Å². The quantitative estimate of drug-likeness (QED) is 0.878. The molecule has 2 aromatic rings. The van der Waals surface area contributed by atoms with Gasteiger partial charge in [-0.2, -0.15) is 0 Å². The zero-order valence-electron chi connectivity index (χ0n) is 14.6. The summed E-state index contributed by atoms with van der Waals surface area (Å²) < 4.78 is 5.94. The molecule has 0 aliphatic carbocycles. The first-order valence-electron chi connectivity index (χ1n) is 9.18. The third-order valence-corrected chi connectivity index (χ3v) is 5.27. The van der Waals surface area contributed by atoms with Gasteiger partial charge in [-0.05, 0) is 31.5 Å². The molecule has 0 bridgehead atoms. The summed E-state index contributed by atoms with van der Waals surface area (Å²) in [6.45, 7) is 2.33. The van der Waals surface area contributed by atoms with E-state index in [1.54, 1.807) is 0 Å². The van der Waals surface area contributed by atoms with Gasteiger partial charge < -0.3 is 14.9 Å². The van der Waals surface area contributed by atoms with Crippen molar-refractivity contribution >= 4 is 5.78 Å². The summed E-state index contributed by atoms with van der Waals surface area (Å²) in [4.78, 5) is 14.9. The van der Waals surface area contributed by atoms with Gasteiger partial charge in [0.25, 0.3) is 0 Å². The number of fused-ring (bicyclic) bond motifs is 1. The van der Waals surface area contributed by atoms with E-state index in [9.17, 15) is 15.0 Å². The topological polar surface area (TPSA) is 70.0 Å². The molecule has 1 saturated heterocycles. The Morgan fingerprint density at radius 3 is 2.54 bits per heavy atom. The Labute approximate surface area is 152 Å². The van der Waals surface area contributed by atoms with Crippen molar-refractivity contribution in [2.45, 2.75) is 38.3 Å². The van der Waals surface area contributed by atoms with Crippen LogP contribution in [0.2, 0.25) is 0 Å². The Balaban J connectivity index is 1.65. The number of hydrogen-bond donors (Lipinski definition) is 2. The Kier molecular flexibility index (Phi) is 4.55. The molecule has 1 atom stereocenters. The van der Waals surface area contributed by atoms with E-state index in [-0.39, 0.29) is 35.0 Å². The average molecular weight is 353 g/mol. The summed E-state index contributed by atoms with van der Waals surface area (Å²) in [6, 6.07) is 11.0. The number of phenolic OH excluding ortho intramolecular Hbond substituents is 2. The summed E-state index contributed by atoms with van der Waals surface area (Å²) in [5, 5.41) is 21.1. The molecule has 0 saturated carbocycles. The zero-order chi connectivity index (χ0) is 18.1. The van der Waals surface area contributed by atoms with Gasteiger partial charge in [0, 0.05) is 12.6 Å². The number of Topliss-reactive ketones (excluding diaryl/α,β-unsaturated/α-hetero) is 1. The van der Waals surface area contributed by atoms with Crippen LogP contribution in [0.25, 0.3) is 0 Å². The van der Waals surface area contributed by atoms with E-state index in [4.69, 9.17) is 4.74 Å². The lowest BCUT2D eigenvalue weighted by atomic mass is 9.93. The van der Waals surface area contributed by atoms with E-state index >= 15 is 0 Å². The second-order valence-corrected chi connectivity index (χ2v) is 7.08. The van der Waals surface area contributed by atoms with E-state index in [0.29, 0.717) is 12.1 Å². The van der Waals surface area contributed by atoms with Crippen molar-refractivity contribution in [2.75, 3.05) is 13.1 Å². The van der Waals surface area contributed by atoms with Crippen molar-refractivity contribution in [3.05, 3.63) is 53.1 Å². The predicted octanol–water partition coefficient (Wildman–Crippen LogP) is 3.79. The minimum atomic E-state index is -0.400. The second kappa shape index (κ2) is 7.00. The lowest BCUT2D eigenvalue weighted by Gasteiger charge is -2.29. The number of benzene rings is 2. The van der Waals surface area contributed by atoms with Crippen LogP contribution in [0.3, 0.4) is 0 Å². The summed E-state index contributed by atoms with van der Waals surface area (Å²) in [5.41, 5.74) is 1.52. The van der Waals surface area contributed by atoms with Crippen molar-refractivity contribution in [3.63, 3.8) is 0 Å². The molecule has 136 valence electrons. The number of ketones is 1. The fourth-order valence-electron chi connectivity index (χ4n) is 3.85. The molecule has 5 heteroatoms. The highest BCUT2D eigenvalue weighted by atomic mass is 16.5. The maximum Gasteiger partial charge on any atom is 0.174 e. The van der Waals surface area contributed by atoms with Crippen LogP contribution in [0.4, 0.5) is 0 Å². The van der Waals surface area contributed by atoms with Gasteiger partial charge in [0.15, 0.2) is 5.78 Å². The van der Waals surface area contributed by atoms with E-state index in [2.05, 4.69) is 4.90 Å². The fraction of sp³-hybridized carbons (Fsp3) is 0.381. The third-order valence-electron chi connectivity index (χ3n) is 5.27. The van der Waals surface area contributed by atoms with Crippen LogP contribution in [-0.2, 0) is 6.54 Å². The molecule has 2 aromatic carbocycles. The molecule has 1 fully saturated rings. The SMILES string of the molecule is O=C1C[C@@H](c2ccccc2)Oc2cc(O)c(CN3CCCCC3)c(O)c21. The van der Waals surface area contributed by atoms with Crippen molar-refractivity contribution in [3.8, 4) is 17.2 Å². The van der Waals surface area contributed by atoms with E-state index in [0.717, 1.165) is 31.5 Å². The number of likely N-dealkylation sites (tertiary alicyclic amines) is 1. The molecule has 2 aliphatic rings. The number of rotatable bonds is 3. The Bertz CT molecular complexity index is 813. The van der Waals surface area contributed by atoms with Gasteiger partial charge in [0.05, 0.1) is 12.0 Å². The van der Waals surface area contributed by atoms with Gasteiger partial charge >= 0.3 is 0 Å².